The minimum Gasteiger partial charge on any atom is -0.421 e. The maximum absolute atomic E-state index is 10.3. The summed E-state index contributed by atoms with van der Waals surface area (Å²) in [7, 11) is 0.543. The fraction of sp³-hybridized carbons (Fsp3) is 0.500. The number of Topliss-reactive ketones (excluding diaryl/α,β-unsaturated/α-hetero) is 1. The van der Waals surface area contributed by atoms with E-state index in [9.17, 15) is 9.59 Å². The van der Waals surface area contributed by atoms with Crippen LogP contribution in [-0.4, -0.2) is 29.2 Å². The Bertz CT molecular complexity index is 91.3. The summed E-state index contributed by atoms with van der Waals surface area (Å²) in [6.45, 7) is 0.0709. The highest BCUT2D eigenvalue weighted by Crippen LogP contribution is 1.76. The van der Waals surface area contributed by atoms with E-state index in [1.165, 1.54) is 6.29 Å². The molecule has 0 rings (SSSR count). The van der Waals surface area contributed by atoms with Gasteiger partial charge in [-0.05, 0) is 0 Å². The predicted molar refractivity (Wildman–Crippen MR) is 31.2 cm³/mol. The van der Waals surface area contributed by atoms with Crippen LogP contribution in [0.25, 0.3) is 0 Å². The Morgan fingerprint density at radius 1 is 1.75 bits per heavy atom. The molecule has 8 heavy (non-hydrogen) atoms. The molecule has 0 saturated heterocycles. The molecule has 0 amide bonds. The third-order valence-electron chi connectivity index (χ3n) is 0.575. The van der Waals surface area contributed by atoms with E-state index in [0.717, 1.165) is 0 Å². The standard InChI is InChI=1S/C4H7O3Si/c5-2-1-4(6)3-7-8/h1,3H2,8H3. The van der Waals surface area contributed by atoms with E-state index >= 15 is 0 Å². The number of rotatable bonds is 4. The van der Waals surface area contributed by atoms with Crippen molar-refractivity contribution in [1.82, 2.24) is 0 Å². The molecule has 0 aromatic heterocycles. The monoisotopic (exact) mass is 131 g/mol. The number of carbonyl (C=O) groups excluding carboxylic acids is 2. The van der Waals surface area contributed by atoms with Crippen molar-refractivity contribution in [2.24, 2.45) is 0 Å². The second kappa shape index (κ2) is 4.67. The van der Waals surface area contributed by atoms with Crippen molar-refractivity contribution < 1.29 is 14.0 Å². The molecular weight excluding hydrogens is 124 g/mol. The van der Waals surface area contributed by atoms with Gasteiger partial charge in [-0.25, -0.2) is 0 Å². The molecule has 0 aliphatic carbocycles. The molecule has 1 radical (unpaired) electrons. The van der Waals surface area contributed by atoms with Gasteiger partial charge in [-0.1, -0.05) is 0 Å². The van der Waals surface area contributed by atoms with Gasteiger partial charge in [0.05, 0.1) is 13.0 Å². The van der Waals surface area contributed by atoms with Gasteiger partial charge >= 0.3 is 0 Å². The second-order valence-corrected chi connectivity index (χ2v) is 1.87. The van der Waals surface area contributed by atoms with Crippen molar-refractivity contribution >= 4 is 22.6 Å². The van der Waals surface area contributed by atoms with Crippen LogP contribution in [0.3, 0.4) is 0 Å². The SMILES string of the molecule is O=[C]CC(=O)CO[SiH3]. The van der Waals surface area contributed by atoms with Gasteiger partial charge in [0.2, 0.25) is 6.29 Å². The Morgan fingerprint density at radius 3 is 2.75 bits per heavy atom. The fourth-order valence-electron chi connectivity index (χ4n) is 0.293. The van der Waals surface area contributed by atoms with Crippen LogP contribution in [0.15, 0.2) is 0 Å². The molecule has 0 N–H and O–H groups in total. The smallest absolute Gasteiger partial charge is 0.206 e. The fourth-order valence-corrected chi connectivity index (χ4v) is 0.614. The quantitative estimate of drug-likeness (QED) is 0.339. The molecule has 0 aromatic rings. The second-order valence-electron chi connectivity index (χ2n) is 1.29. The molecule has 0 bridgehead atoms. The van der Waals surface area contributed by atoms with Crippen molar-refractivity contribution in [3.63, 3.8) is 0 Å². The molecule has 0 unspecified atom stereocenters. The van der Waals surface area contributed by atoms with E-state index < -0.39 is 0 Å². The van der Waals surface area contributed by atoms with Gasteiger partial charge in [0, 0.05) is 0 Å². The first-order chi connectivity index (χ1) is 3.81. The Balaban J connectivity index is 3.18. The topological polar surface area (TPSA) is 43.4 Å². The zero-order chi connectivity index (χ0) is 6.41. The molecule has 0 spiro atoms. The minimum atomic E-state index is -0.199. The van der Waals surface area contributed by atoms with Gasteiger partial charge in [-0.2, -0.15) is 0 Å². The summed E-state index contributed by atoms with van der Waals surface area (Å²) in [6.07, 6.45) is 1.35. The lowest BCUT2D eigenvalue weighted by Crippen LogP contribution is -2.06. The van der Waals surface area contributed by atoms with Crippen LogP contribution in [0.4, 0.5) is 0 Å². The van der Waals surface area contributed by atoms with E-state index in [1.807, 2.05) is 0 Å². The number of carbonyl (C=O) groups is 1. The van der Waals surface area contributed by atoms with Crippen molar-refractivity contribution in [1.29, 1.82) is 0 Å². The van der Waals surface area contributed by atoms with Gasteiger partial charge in [0.25, 0.3) is 0 Å². The van der Waals surface area contributed by atoms with E-state index in [1.54, 1.807) is 0 Å². The van der Waals surface area contributed by atoms with E-state index in [2.05, 4.69) is 4.43 Å². The van der Waals surface area contributed by atoms with Crippen LogP contribution in [0.1, 0.15) is 6.42 Å². The van der Waals surface area contributed by atoms with Gasteiger partial charge < -0.3 is 4.43 Å². The maximum Gasteiger partial charge on any atom is 0.206 e. The van der Waals surface area contributed by atoms with Crippen LogP contribution in [-0.2, 0) is 14.0 Å². The summed E-state index contributed by atoms with van der Waals surface area (Å²) in [5, 5.41) is 0. The van der Waals surface area contributed by atoms with Crippen molar-refractivity contribution in [3.8, 4) is 0 Å². The molecule has 4 heteroatoms. The van der Waals surface area contributed by atoms with Crippen LogP contribution in [0, 0.1) is 0 Å². The minimum absolute atomic E-state index is 0.0709. The number of hydrogen-bond donors (Lipinski definition) is 0. The highest BCUT2D eigenvalue weighted by Gasteiger charge is 1.96. The lowest BCUT2D eigenvalue weighted by Gasteiger charge is -1.89. The molecule has 0 aliphatic heterocycles. The summed E-state index contributed by atoms with van der Waals surface area (Å²) < 4.78 is 4.57. The normalized spacial score (nSPS) is 9.00. The first-order valence-corrected chi connectivity index (χ1v) is 2.98. The Labute approximate surface area is 50.6 Å². The highest BCUT2D eigenvalue weighted by molar-refractivity contribution is 6.00. The van der Waals surface area contributed by atoms with Crippen molar-refractivity contribution in [3.05, 3.63) is 0 Å². The molecule has 0 aliphatic rings. The average molecular weight is 131 g/mol. The summed E-state index contributed by atoms with van der Waals surface area (Å²) in [5.74, 6) is -0.199. The lowest BCUT2D eigenvalue weighted by atomic mass is 10.3. The molecular formula is C4H7O3Si. The Kier molecular flexibility index (Phi) is 4.39. The van der Waals surface area contributed by atoms with Gasteiger partial charge in [-0.15, -0.1) is 0 Å². The first kappa shape index (κ1) is 7.52. The zero-order valence-corrected chi connectivity index (χ0v) is 6.64. The third kappa shape index (κ3) is 3.70. The van der Waals surface area contributed by atoms with E-state index in [-0.39, 0.29) is 18.8 Å². The van der Waals surface area contributed by atoms with Gasteiger partial charge in [0.15, 0.2) is 5.78 Å². The van der Waals surface area contributed by atoms with Crippen LogP contribution in [0.2, 0.25) is 0 Å². The average Bonchev–Trinajstić information content (AvgIpc) is 1.68. The summed E-state index contributed by atoms with van der Waals surface area (Å²) in [6, 6.07) is 0. The molecule has 0 aromatic carbocycles. The largest absolute Gasteiger partial charge is 0.421 e. The summed E-state index contributed by atoms with van der Waals surface area (Å²) in [4.78, 5) is 19.8. The maximum atomic E-state index is 10.3. The molecule has 45 valence electrons. The number of ketones is 1. The van der Waals surface area contributed by atoms with Crippen LogP contribution in [0.5, 0.6) is 0 Å². The zero-order valence-electron chi connectivity index (χ0n) is 4.64. The molecule has 0 atom stereocenters. The third-order valence-corrected chi connectivity index (χ3v) is 0.863. The van der Waals surface area contributed by atoms with Crippen molar-refractivity contribution in [2.75, 3.05) is 6.61 Å². The first-order valence-electron chi connectivity index (χ1n) is 2.17. The Morgan fingerprint density at radius 2 is 2.38 bits per heavy atom. The predicted octanol–water partition coefficient (Wildman–Crippen LogP) is -1.65. The number of hydrogen-bond acceptors (Lipinski definition) is 3. The van der Waals surface area contributed by atoms with E-state index in [0.29, 0.717) is 10.5 Å². The van der Waals surface area contributed by atoms with Crippen molar-refractivity contribution in [2.45, 2.75) is 6.42 Å². The Hall–Kier alpha value is -0.483. The van der Waals surface area contributed by atoms with Gasteiger partial charge in [0.1, 0.15) is 10.5 Å². The molecule has 0 heterocycles. The van der Waals surface area contributed by atoms with Gasteiger partial charge in [-0.3, -0.25) is 9.59 Å². The van der Waals surface area contributed by atoms with Crippen LogP contribution < -0.4 is 0 Å². The van der Waals surface area contributed by atoms with Crippen LogP contribution >= 0.6 is 0 Å². The summed E-state index contributed by atoms with van der Waals surface area (Å²) >= 11 is 0. The lowest BCUT2D eigenvalue weighted by molar-refractivity contribution is -0.119. The van der Waals surface area contributed by atoms with E-state index in [4.69, 9.17) is 0 Å². The molecule has 3 nitrogen and oxygen atoms in total. The highest BCUT2D eigenvalue weighted by atomic mass is 28.2. The summed E-state index contributed by atoms with van der Waals surface area (Å²) in [5.41, 5.74) is 0. The molecule has 0 fully saturated rings. The molecule has 0 saturated carbocycles.